The first-order valence-electron chi connectivity index (χ1n) is 11.2. The molecular formula is C24H30F2N2O4S. The minimum absolute atomic E-state index is 0.0356. The van der Waals surface area contributed by atoms with Gasteiger partial charge in [-0.15, -0.1) is 0 Å². The van der Waals surface area contributed by atoms with E-state index in [1.165, 1.54) is 11.4 Å². The fraction of sp³-hybridized carbons (Fsp3) is 0.458. The highest BCUT2D eigenvalue weighted by Gasteiger charge is 2.29. The molecule has 180 valence electrons. The number of carbonyl (C=O) groups is 1. The van der Waals surface area contributed by atoms with Crippen molar-refractivity contribution in [2.45, 2.75) is 50.0 Å². The predicted octanol–water partition coefficient (Wildman–Crippen LogP) is 4.49. The minimum atomic E-state index is -4.23. The first kappa shape index (κ1) is 25.3. The maximum Gasteiger partial charge on any atom is 0.252 e. The van der Waals surface area contributed by atoms with E-state index < -0.39 is 26.6 Å². The van der Waals surface area contributed by atoms with Gasteiger partial charge < -0.3 is 9.64 Å². The Balaban J connectivity index is 2.03. The molecule has 3 rings (SSSR count). The lowest BCUT2D eigenvalue weighted by atomic mass is 10.1. The number of benzene rings is 2. The quantitative estimate of drug-likeness (QED) is 0.647. The topological polar surface area (TPSA) is 66.9 Å². The smallest absolute Gasteiger partial charge is 0.252 e. The summed E-state index contributed by atoms with van der Waals surface area (Å²) in [5, 5.41) is 0. The maximum atomic E-state index is 14.4. The third-order valence-corrected chi connectivity index (χ3v) is 7.63. The number of hydrogen-bond acceptors (Lipinski definition) is 4. The van der Waals surface area contributed by atoms with E-state index in [0.29, 0.717) is 30.3 Å². The lowest BCUT2D eigenvalue weighted by Gasteiger charge is -2.28. The van der Waals surface area contributed by atoms with Gasteiger partial charge in [-0.05, 0) is 36.6 Å². The number of methoxy groups -OCH3 is 1. The second-order valence-electron chi connectivity index (χ2n) is 8.14. The van der Waals surface area contributed by atoms with Gasteiger partial charge in [0.2, 0.25) is 10.0 Å². The molecule has 0 aromatic heterocycles. The maximum absolute atomic E-state index is 14.4. The lowest BCUT2D eigenvalue weighted by molar-refractivity contribution is -0.122. The summed E-state index contributed by atoms with van der Waals surface area (Å²) >= 11 is 0. The zero-order chi connectivity index (χ0) is 23.8. The largest absolute Gasteiger partial charge is 0.375 e. The fourth-order valence-corrected chi connectivity index (χ4v) is 5.55. The zero-order valence-corrected chi connectivity index (χ0v) is 19.6. The van der Waals surface area contributed by atoms with Gasteiger partial charge in [0.15, 0.2) is 0 Å². The molecule has 0 atom stereocenters. The van der Waals surface area contributed by atoms with Gasteiger partial charge in [0.25, 0.3) is 5.91 Å². The molecule has 1 amide bonds. The summed E-state index contributed by atoms with van der Waals surface area (Å²) in [6.45, 7) is 0.571. The molecule has 1 aliphatic heterocycles. The van der Waals surface area contributed by atoms with Crippen molar-refractivity contribution in [2.24, 2.45) is 0 Å². The van der Waals surface area contributed by atoms with Crippen LogP contribution in [0.3, 0.4) is 0 Å². The van der Waals surface area contributed by atoms with Crippen LogP contribution in [0.2, 0.25) is 0 Å². The SMILES string of the molecule is COCC(=O)N1CCCCCCCCN(S(=O)(=O)c2ccc(F)cc2F)Cc2ccccc21. The molecule has 0 N–H and O–H groups in total. The molecule has 0 bridgehead atoms. The molecule has 9 heteroatoms. The number of anilines is 1. The van der Waals surface area contributed by atoms with E-state index in [9.17, 15) is 22.0 Å². The Hall–Kier alpha value is -2.36. The molecule has 33 heavy (non-hydrogen) atoms. The summed E-state index contributed by atoms with van der Waals surface area (Å²) in [6.07, 6.45) is 5.17. The average molecular weight is 481 g/mol. The van der Waals surface area contributed by atoms with Crippen LogP contribution in [-0.2, 0) is 26.1 Å². The van der Waals surface area contributed by atoms with E-state index in [1.807, 2.05) is 0 Å². The zero-order valence-electron chi connectivity index (χ0n) is 18.8. The van der Waals surface area contributed by atoms with E-state index in [4.69, 9.17) is 4.74 Å². The number of para-hydroxylation sites is 1. The molecule has 0 saturated carbocycles. The highest BCUT2D eigenvalue weighted by Crippen LogP contribution is 2.28. The van der Waals surface area contributed by atoms with Gasteiger partial charge in [-0.1, -0.05) is 43.9 Å². The highest BCUT2D eigenvalue weighted by molar-refractivity contribution is 7.89. The monoisotopic (exact) mass is 480 g/mol. The molecule has 2 aromatic carbocycles. The first-order valence-corrected chi connectivity index (χ1v) is 12.6. The van der Waals surface area contributed by atoms with Gasteiger partial charge in [0.1, 0.15) is 23.1 Å². The Morgan fingerprint density at radius 2 is 1.64 bits per heavy atom. The van der Waals surface area contributed by atoms with Crippen molar-refractivity contribution in [3.05, 3.63) is 59.7 Å². The van der Waals surface area contributed by atoms with Crippen LogP contribution in [0.15, 0.2) is 47.4 Å². The Kier molecular flexibility index (Phi) is 8.94. The summed E-state index contributed by atoms with van der Waals surface area (Å²) in [6, 6.07) is 9.60. The minimum Gasteiger partial charge on any atom is -0.375 e. The Labute approximate surface area is 194 Å². The van der Waals surface area contributed by atoms with Gasteiger partial charge in [0, 0.05) is 38.5 Å². The van der Waals surface area contributed by atoms with Crippen molar-refractivity contribution in [1.29, 1.82) is 0 Å². The molecule has 0 aliphatic carbocycles. The molecule has 6 nitrogen and oxygen atoms in total. The molecular weight excluding hydrogens is 450 g/mol. The molecule has 0 radical (unpaired) electrons. The van der Waals surface area contributed by atoms with Gasteiger partial charge in [-0.2, -0.15) is 4.31 Å². The van der Waals surface area contributed by atoms with Crippen molar-refractivity contribution in [2.75, 3.05) is 31.7 Å². The predicted molar refractivity (Wildman–Crippen MR) is 122 cm³/mol. The van der Waals surface area contributed by atoms with Crippen LogP contribution in [-0.4, -0.2) is 45.4 Å². The lowest BCUT2D eigenvalue weighted by Crippen LogP contribution is -2.37. The molecule has 0 unspecified atom stereocenters. The second kappa shape index (κ2) is 11.7. The van der Waals surface area contributed by atoms with E-state index in [0.717, 1.165) is 44.2 Å². The number of rotatable bonds is 4. The Bertz CT molecular complexity index is 1060. The molecule has 0 fully saturated rings. The van der Waals surface area contributed by atoms with Gasteiger partial charge >= 0.3 is 0 Å². The second-order valence-corrected chi connectivity index (χ2v) is 10.0. The van der Waals surface area contributed by atoms with Gasteiger partial charge in [0.05, 0.1) is 0 Å². The normalized spacial score (nSPS) is 16.9. The fourth-order valence-electron chi connectivity index (χ4n) is 4.05. The van der Waals surface area contributed by atoms with E-state index in [1.54, 1.807) is 29.2 Å². The van der Waals surface area contributed by atoms with Crippen LogP contribution < -0.4 is 4.90 Å². The summed E-state index contributed by atoms with van der Waals surface area (Å²) in [7, 11) is -2.78. The van der Waals surface area contributed by atoms with Crippen LogP contribution >= 0.6 is 0 Å². The number of hydrogen-bond donors (Lipinski definition) is 0. The van der Waals surface area contributed by atoms with Crippen molar-refractivity contribution in [1.82, 2.24) is 4.31 Å². The number of fused-ring (bicyclic) bond motifs is 1. The summed E-state index contributed by atoms with van der Waals surface area (Å²) < 4.78 is 60.9. The van der Waals surface area contributed by atoms with E-state index in [2.05, 4.69) is 0 Å². The van der Waals surface area contributed by atoms with Gasteiger partial charge in [-0.3, -0.25) is 4.79 Å². The number of carbonyl (C=O) groups excluding carboxylic acids is 1. The number of amides is 1. The van der Waals surface area contributed by atoms with Gasteiger partial charge in [-0.25, -0.2) is 17.2 Å². The van der Waals surface area contributed by atoms with Crippen LogP contribution in [0.25, 0.3) is 0 Å². The third-order valence-electron chi connectivity index (χ3n) is 5.75. The highest BCUT2D eigenvalue weighted by atomic mass is 32.2. The van der Waals surface area contributed by atoms with E-state index >= 15 is 0 Å². The van der Waals surface area contributed by atoms with Crippen molar-refractivity contribution >= 4 is 21.6 Å². The van der Waals surface area contributed by atoms with Crippen LogP contribution in [0.5, 0.6) is 0 Å². The molecule has 1 heterocycles. The van der Waals surface area contributed by atoms with E-state index in [-0.39, 0.29) is 25.6 Å². The summed E-state index contributed by atoms with van der Waals surface area (Å²) in [5.41, 5.74) is 1.24. The Morgan fingerprint density at radius 1 is 0.970 bits per heavy atom. The van der Waals surface area contributed by atoms with Crippen LogP contribution in [0.1, 0.15) is 44.1 Å². The number of halogens is 2. The molecule has 0 spiro atoms. The summed E-state index contributed by atoms with van der Waals surface area (Å²) in [5.74, 6) is -2.17. The molecule has 2 aromatic rings. The van der Waals surface area contributed by atoms with Crippen LogP contribution in [0.4, 0.5) is 14.5 Å². The van der Waals surface area contributed by atoms with Crippen molar-refractivity contribution < 1.29 is 26.7 Å². The molecule has 0 saturated heterocycles. The standard InChI is InChI=1S/C24H30F2N2O4S/c1-32-18-24(29)28-15-9-5-3-2-4-8-14-27(17-19-10-6-7-11-22(19)28)33(30,31)23-13-12-20(25)16-21(23)26/h6-7,10-13,16H,2-5,8-9,14-15,17-18H2,1H3. The van der Waals surface area contributed by atoms with Crippen molar-refractivity contribution in [3.63, 3.8) is 0 Å². The first-order chi connectivity index (χ1) is 15.8. The third kappa shape index (κ3) is 6.37. The Morgan fingerprint density at radius 3 is 2.33 bits per heavy atom. The van der Waals surface area contributed by atoms with Crippen molar-refractivity contribution in [3.8, 4) is 0 Å². The average Bonchev–Trinajstić information content (AvgIpc) is 2.79. The number of ether oxygens (including phenoxy) is 1. The number of nitrogens with zero attached hydrogens (tertiary/aromatic N) is 2. The number of sulfonamides is 1. The summed E-state index contributed by atoms with van der Waals surface area (Å²) in [4.78, 5) is 13.9. The molecule has 1 aliphatic rings. The van der Waals surface area contributed by atoms with Crippen LogP contribution in [0, 0.1) is 11.6 Å².